The molecule has 1 aliphatic rings. The van der Waals surface area contributed by atoms with Crippen LogP contribution in [0.2, 0.25) is 0 Å². The lowest BCUT2D eigenvalue weighted by Crippen LogP contribution is -2.17. The number of anilines is 2. The van der Waals surface area contributed by atoms with Gasteiger partial charge in [0.15, 0.2) is 5.84 Å². The molecule has 2 heterocycles. The van der Waals surface area contributed by atoms with Crippen molar-refractivity contribution in [3.05, 3.63) is 53.6 Å². The summed E-state index contributed by atoms with van der Waals surface area (Å²) in [6, 6.07) is 8.30. The second-order valence-electron chi connectivity index (χ2n) is 4.56. The maximum Gasteiger partial charge on any atom is 0.188 e. The van der Waals surface area contributed by atoms with Crippen molar-refractivity contribution >= 4 is 17.2 Å². The van der Waals surface area contributed by atoms with Gasteiger partial charge in [0.25, 0.3) is 0 Å². The predicted octanol–water partition coefficient (Wildman–Crippen LogP) is 2.01. The van der Waals surface area contributed by atoms with Crippen molar-refractivity contribution < 1.29 is 9.60 Å². The zero-order chi connectivity index (χ0) is 14.1. The summed E-state index contributed by atoms with van der Waals surface area (Å²) in [5.74, 6) is -0.290. The number of fused-ring (bicyclic) bond motifs is 1. The van der Waals surface area contributed by atoms with E-state index in [1.54, 1.807) is 12.3 Å². The maximum absolute atomic E-state index is 13.4. The molecule has 0 aliphatic carbocycles. The lowest BCUT2D eigenvalue weighted by Gasteiger charge is -2.19. The number of halogens is 1. The van der Waals surface area contributed by atoms with Crippen LogP contribution in [-0.2, 0) is 6.42 Å². The molecule has 3 N–H and O–H groups in total. The summed E-state index contributed by atoms with van der Waals surface area (Å²) in [5, 5.41) is 11.5. The smallest absolute Gasteiger partial charge is 0.188 e. The Hall–Kier alpha value is -2.63. The van der Waals surface area contributed by atoms with Crippen LogP contribution in [0.25, 0.3) is 0 Å². The van der Waals surface area contributed by atoms with Gasteiger partial charge >= 0.3 is 0 Å². The summed E-state index contributed by atoms with van der Waals surface area (Å²) in [6.07, 6.45) is 2.50. The number of hydrogen-bond acceptors (Lipinski definition) is 4. The third kappa shape index (κ3) is 2.05. The Morgan fingerprint density at radius 3 is 2.90 bits per heavy atom. The van der Waals surface area contributed by atoms with Crippen molar-refractivity contribution in [2.45, 2.75) is 6.42 Å². The van der Waals surface area contributed by atoms with Crippen LogP contribution < -0.4 is 10.6 Å². The Balaban J connectivity index is 1.94. The van der Waals surface area contributed by atoms with Crippen LogP contribution in [0.4, 0.5) is 15.8 Å². The maximum atomic E-state index is 13.4. The molecule has 0 atom stereocenters. The first-order chi connectivity index (χ1) is 9.69. The molecule has 0 saturated carbocycles. The van der Waals surface area contributed by atoms with E-state index in [2.05, 4.69) is 10.1 Å². The minimum absolute atomic E-state index is 0.0376. The van der Waals surface area contributed by atoms with Crippen LogP contribution in [-0.4, -0.2) is 22.6 Å². The van der Waals surface area contributed by atoms with E-state index in [1.807, 2.05) is 17.0 Å². The van der Waals surface area contributed by atoms with Crippen LogP contribution in [0.5, 0.6) is 0 Å². The Labute approximate surface area is 115 Å². The van der Waals surface area contributed by atoms with Gasteiger partial charge in [-0.15, -0.1) is 0 Å². The third-order valence-electron chi connectivity index (χ3n) is 3.37. The summed E-state index contributed by atoms with van der Waals surface area (Å²) in [5.41, 5.74) is 8.70. The minimum atomic E-state index is -0.253. The largest absolute Gasteiger partial charge is 0.409 e. The topological polar surface area (TPSA) is 74.7 Å². The molecule has 2 aromatic rings. The normalized spacial score (nSPS) is 14.4. The number of nitrogens with two attached hydrogens (primary N) is 1. The van der Waals surface area contributed by atoms with Crippen molar-refractivity contribution in [3.63, 3.8) is 0 Å². The van der Waals surface area contributed by atoms with Crippen LogP contribution >= 0.6 is 0 Å². The molecule has 1 aromatic heterocycles. The van der Waals surface area contributed by atoms with Crippen LogP contribution in [0.3, 0.4) is 0 Å². The molecule has 0 radical (unpaired) electrons. The molecular formula is C14H13FN4O. The number of amidine groups is 1. The average Bonchev–Trinajstić information content (AvgIpc) is 2.89. The second-order valence-corrected chi connectivity index (χ2v) is 4.56. The molecule has 0 saturated heterocycles. The van der Waals surface area contributed by atoms with Crippen molar-refractivity contribution in [2.75, 3.05) is 11.4 Å². The van der Waals surface area contributed by atoms with E-state index in [9.17, 15) is 4.39 Å². The SMILES string of the molecule is N/C(=N/O)c1ccc(N2CCc3ccc(F)cc32)cn1. The van der Waals surface area contributed by atoms with Gasteiger partial charge in [0, 0.05) is 12.2 Å². The zero-order valence-electron chi connectivity index (χ0n) is 10.6. The molecular weight excluding hydrogens is 259 g/mol. The molecule has 1 aliphatic heterocycles. The van der Waals surface area contributed by atoms with Crippen LogP contribution in [0, 0.1) is 5.82 Å². The molecule has 0 fully saturated rings. The summed E-state index contributed by atoms with van der Waals surface area (Å²) >= 11 is 0. The average molecular weight is 272 g/mol. The first-order valence-corrected chi connectivity index (χ1v) is 6.19. The molecule has 3 rings (SSSR count). The Morgan fingerprint density at radius 2 is 2.20 bits per heavy atom. The lowest BCUT2D eigenvalue weighted by molar-refractivity contribution is 0.318. The van der Waals surface area contributed by atoms with E-state index in [4.69, 9.17) is 10.9 Å². The predicted molar refractivity (Wildman–Crippen MR) is 73.9 cm³/mol. The Morgan fingerprint density at radius 1 is 1.35 bits per heavy atom. The fourth-order valence-electron chi connectivity index (χ4n) is 2.37. The standard InChI is InChI=1S/C14H13FN4O/c15-10-2-1-9-5-6-19(13(9)7-10)11-3-4-12(17-8-11)14(16)18-20/h1-4,7-8,20H,5-6H2,(H2,16,18). The summed E-state index contributed by atoms with van der Waals surface area (Å²) in [7, 11) is 0. The molecule has 6 heteroatoms. The van der Waals surface area contributed by atoms with Crippen molar-refractivity contribution in [1.29, 1.82) is 0 Å². The number of nitrogens with zero attached hydrogens (tertiary/aromatic N) is 3. The van der Waals surface area contributed by atoms with Gasteiger partial charge < -0.3 is 15.8 Å². The molecule has 0 unspecified atom stereocenters. The van der Waals surface area contributed by atoms with Gasteiger partial charge in [-0.2, -0.15) is 0 Å². The highest BCUT2D eigenvalue weighted by Crippen LogP contribution is 2.34. The van der Waals surface area contributed by atoms with Gasteiger partial charge in [0.2, 0.25) is 0 Å². The van der Waals surface area contributed by atoms with E-state index >= 15 is 0 Å². The second kappa shape index (κ2) is 4.80. The summed E-state index contributed by atoms with van der Waals surface area (Å²) in [4.78, 5) is 6.14. The van der Waals surface area contributed by atoms with Gasteiger partial charge in [0.05, 0.1) is 11.9 Å². The van der Waals surface area contributed by atoms with Gasteiger partial charge in [-0.05, 0) is 36.2 Å². The van der Waals surface area contributed by atoms with E-state index in [0.29, 0.717) is 5.69 Å². The number of benzene rings is 1. The van der Waals surface area contributed by atoms with E-state index in [0.717, 1.165) is 29.9 Å². The fraction of sp³-hybridized carbons (Fsp3) is 0.143. The quantitative estimate of drug-likeness (QED) is 0.379. The van der Waals surface area contributed by atoms with E-state index < -0.39 is 0 Å². The molecule has 1 aromatic carbocycles. The third-order valence-corrected chi connectivity index (χ3v) is 3.37. The highest BCUT2D eigenvalue weighted by Gasteiger charge is 2.21. The number of oxime groups is 1. The number of rotatable bonds is 2. The molecule has 0 amide bonds. The molecule has 0 spiro atoms. The number of aromatic nitrogens is 1. The molecule has 20 heavy (non-hydrogen) atoms. The van der Waals surface area contributed by atoms with Crippen LogP contribution in [0.15, 0.2) is 41.7 Å². The van der Waals surface area contributed by atoms with Gasteiger partial charge in [0.1, 0.15) is 11.5 Å². The van der Waals surface area contributed by atoms with Gasteiger partial charge in [-0.3, -0.25) is 4.98 Å². The van der Waals surface area contributed by atoms with Gasteiger partial charge in [-0.25, -0.2) is 4.39 Å². The highest BCUT2D eigenvalue weighted by atomic mass is 19.1. The summed E-state index contributed by atoms with van der Waals surface area (Å²) in [6.45, 7) is 0.781. The van der Waals surface area contributed by atoms with Gasteiger partial charge in [-0.1, -0.05) is 11.2 Å². The Bertz CT molecular complexity index is 669. The first-order valence-electron chi connectivity index (χ1n) is 6.19. The Kier molecular flexibility index (Phi) is 2.98. The molecule has 5 nitrogen and oxygen atoms in total. The zero-order valence-corrected chi connectivity index (χ0v) is 10.6. The fourth-order valence-corrected chi connectivity index (χ4v) is 2.37. The summed E-state index contributed by atoms with van der Waals surface area (Å²) < 4.78 is 13.4. The molecule has 0 bridgehead atoms. The van der Waals surface area contributed by atoms with Crippen molar-refractivity contribution in [1.82, 2.24) is 4.98 Å². The van der Waals surface area contributed by atoms with E-state index in [-0.39, 0.29) is 11.7 Å². The van der Waals surface area contributed by atoms with Crippen molar-refractivity contribution in [3.8, 4) is 0 Å². The van der Waals surface area contributed by atoms with Crippen molar-refractivity contribution in [2.24, 2.45) is 10.9 Å². The first kappa shape index (κ1) is 12.4. The minimum Gasteiger partial charge on any atom is -0.409 e. The molecule has 102 valence electrons. The number of hydrogen-bond donors (Lipinski definition) is 2. The van der Waals surface area contributed by atoms with E-state index in [1.165, 1.54) is 12.1 Å². The highest BCUT2D eigenvalue weighted by molar-refractivity contribution is 5.95. The monoisotopic (exact) mass is 272 g/mol. The van der Waals surface area contributed by atoms with Crippen LogP contribution in [0.1, 0.15) is 11.3 Å². The lowest BCUT2D eigenvalue weighted by atomic mass is 10.1. The number of pyridine rings is 1.